The number of ether oxygens (including phenoxy) is 1. The Hall–Kier alpha value is -5.66. The molecule has 50 heavy (non-hydrogen) atoms. The summed E-state index contributed by atoms with van der Waals surface area (Å²) in [6.07, 6.45) is 0. The molecule has 0 bridgehead atoms. The van der Waals surface area contributed by atoms with E-state index in [0.29, 0.717) is 0 Å². The Bertz CT molecular complexity index is 2650. The molecule has 240 valence electrons. The van der Waals surface area contributed by atoms with E-state index in [1.54, 1.807) is 7.11 Å². The molecule has 0 fully saturated rings. The van der Waals surface area contributed by atoms with E-state index in [0.717, 1.165) is 5.75 Å². The Morgan fingerprint density at radius 1 is 0.380 bits per heavy atom. The van der Waals surface area contributed by atoms with Crippen molar-refractivity contribution in [1.82, 2.24) is 0 Å². The van der Waals surface area contributed by atoms with Gasteiger partial charge >= 0.3 is 0 Å². The third-order valence-electron chi connectivity index (χ3n) is 12.0. The molecule has 10 rings (SSSR count). The molecule has 0 heterocycles. The Balaban J connectivity index is 1.41. The van der Waals surface area contributed by atoms with Gasteiger partial charge in [-0.15, -0.1) is 0 Å². The summed E-state index contributed by atoms with van der Waals surface area (Å²) in [5.74, 6) is 0.865. The van der Waals surface area contributed by atoms with Crippen molar-refractivity contribution in [1.29, 1.82) is 0 Å². The molecule has 0 N–H and O–H groups in total. The molecule has 1 nitrogen and oxygen atoms in total. The highest BCUT2D eigenvalue weighted by Crippen LogP contribution is 2.59. The summed E-state index contributed by atoms with van der Waals surface area (Å²) in [5, 5.41) is 7.76. The van der Waals surface area contributed by atoms with E-state index < -0.39 is 0 Å². The van der Waals surface area contributed by atoms with Crippen molar-refractivity contribution in [3.63, 3.8) is 0 Å². The summed E-state index contributed by atoms with van der Waals surface area (Å²) in [5.41, 5.74) is 16.0. The number of rotatable bonds is 3. The van der Waals surface area contributed by atoms with Crippen LogP contribution in [0.1, 0.15) is 49.9 Å². The molecule has 2 aliphatic carbocycles. The molecule has 0 amide bonds. The van der Waals surface area contributed by atoms with Crippen molar-refractivity contribution in [2.45, 2.75) is 38.5 Å². The molecule has 0 saturated heterocycles. The number of methoxy groups -OCH3 is 1. The van der Waals surface area contributed by atoms with Crippen LogP contribution >= 0.6 is 0 Å². The van der Waals surface area contributed by atoms with E-state index in [-0.39, 0.29) is 10.8 Å². The zero-order valence-corrected chi connectivity index (χ0v) is 29.2. The van der Waals surface area contributed by atoms with E-state index >= 15 is 0 Å². The maximum atomic E-state index is 5.54. The fourth-order valence-electron chi connectivity index (χ4n) is 9.57. The Morgan fingerprint density at radius 2 is 0.860 bits per heavy atom. The minimum Gasteiger partial charge on any atom is -0.497 e. The summed E-state index contributed by atoms with van der Waals surface area (Å²) < 4.78 is 5.54. The molecular formula is C49H38O. The van der Waals surface area contributed by atoms with Gasteiger partial charge in [-0.2, -0.15) is 0 Å². The van der Waals surface area contributed by atoms with Gasteiger partial charge in [0, 0.05) is 10.8 Å². The summed E-state index contributed by atoms with van der Waals surface area (Å²) in [6, 6.07) is 52.2. The SMILES string of the molecule is COc1ccc(-c2c3ccccc3c(-c3cc4c(c5c6c(ccc35)C(C)(C)c3ccccc3-6)-c3ccccc3C4(C)C)c3ccccc23)cc1. The largest absolute Gasteiger partial charge is 0.497 e. The van der Waals surface area contributed by atoms with Crippen LogP contribution in [0, 0.1) is 0 Å². The van der Waals surface area contributed by atoms with E-state index in [4.69, 9.17) is 4.74 Å². The van der Waals surface area contributed by atoms with Crippen molar-refractivity contribution >= 4 is 32.3 Å². The average molecular weight is 643 g/mol. The number of fused-ring (bicyclic) bond motifs is 11. The molecule has 8 aromatic carbocycles. The fourth-order valence-corrected chi connectivity index (χ4v) is 9.57. The highest BCUT2D eigenvalue weighted by molar-refractivity contribution is 6.26. The van der Waals surface area contributed by atoms with Crippen LogP contribution in [0.25, 0.3) is 76.8 Å². The van der Waals surface area contributed by atoms with Gasteiger partial charge in [-0.25, -0.2) is 0 Å². The third kappa shape index (κ3) is 3.73. The van der Waals surface area contributed by atoms with Crippen molar-refractivity contribution in [3.05, 3.63) is 162 Å². The topological polar surface area (TPSA) is 9.23 Å². The lowest BCUT2D eigenvalue weighted by Gasteiger charge is -2.26. The summed E-state index contributed by atoms with van der Waals surface area (Å²) in [7, 11) is 1.73. The fraction of sp³-hybridized carbons (Fsp3) is 0.143. The molecule has 0 aliphatic heterocycles. The number of hydrogen-bond donors (Lipinski definition) is 0. The predicted molar refractivity (Wildman–Crippen MR) is 212 cm³/mol. The van der Waals surface area contributed by atoms with Crippen LogP contribution in [0.15, 0.2) is 140 Å². The molecule has 0 atom stereocenters. The first-order chi connectivity index (χ1) is 24.3. The smallest absolute Gasteiger partial charge is 0.118 e. The normalized spacial score (nSPS) is 14.8. The second kappa shape index (κ2) is 10.2. The van der Waals surface area contributed by atoms with Gasteiger partial charge in [0.25, 0.3) is 0 Å². The van der Waals surface area contributed by atoms with E-state index in [1.165, 1.54) is 99.1 Å². The Labute approximate surface area is 293 Å². The van der Waals surface area contributed by atoms with Crippen LogP contribution < -0.4 is 4.74 Å². The number of hydrogen-bond acceptors (Lipinski definition) is 1. The van der Waals surface area contributed by atoms with Gasteiger partial charge in [-0.05, 0) is 117 Å². The lowest BCUT2D eigenvalue weighted by Crippen LogP contribution is -2.15. The second-order valence-electron chi connectivity index (χ2n) is 15.2. The van der Waals surface area contributed by atoms with Crippen LogP contribution in [0.4, 0.5) is 0 Å². The summed E-state index contributed by atoms with van der Waals surface area (Å²) in [4.78, 5) is 0. The van der Waals surface area contributed by atoms with Crippen LogP contribution in [0.2, 0.25) is 0 Å². The molecule has 0 radical (unpaired) electrons. The minimum atomic E-state index is -0.153. The minimum absolute atomic E-state index is 0.0873. The lowest BCUT2D eigenvalue weighted by molar-refractivity contribution is 0.415. The predicted octanol–water partition coefficient (Wildman–Crippen LogP) is 13.1. The zero-order chi connectivity index (χ0) is 33.9. The maximum absolute atomic E-state index is 5.54. The molecule has 0 spiro atoms. The quantitative estimate of drug-likeness (QED) is 0.174. The number of benzene rings is 8. The summed E-state index contributed by atoms with van der Waals surface area (Å²) >= 11 is 0. The Morgan fingerprint density at radius 3 is 1.42 bits per heavy atom. The van der Waals surface area contributed by atoms with Crippen LogP contribution in [0.3, 0.4) is 0 Å². The highest BCUT2D eigenvalue weighted by atomic mass is 16.5. The highest BCUT2D eigenvalue weighted by Gasteiger charge is 2.41. The molecule has 0 aromatic heterocycles. The third-order valence-corrected chi connectivity index (χ3v) is 12.0. The van der Waals surface area contributed by atoms with E-state index in [9.17, 15) is 0 Å². The van der Waals surface area contributed by atoms with Crippen LogP contribution in [0.5, 0.6) is 5.75 Å². The molecule has 0 unspecified atom stereocenters. The molecule has 0 saturated carbocycles. The zero-order valence-electron chi connectivity index (χ0n) is 29.2. The van der Waals surface area contributed by atoms with Gasteiger partial charge in [0.1, 0.15) is 5.75 Å². The van der Waals surface area contributed by atoms with E-state index in [1.807, 2.05) is 0 Å². The summed E-state index contributed by atoms with van der Waals surface area (Å²) in [6.45, 7) is 9.61. The van der Waals surface area contributed by atoms with Gasteiger partial charge in [-0.1, -0.05) is 149 Å². The van der Waals surface area contributed by atoms with Gasteiger partial charge in [0.05, 0.1) is 7.11 Å². The van der Waals surface area contributed by atoms with Crippen molar-refractivity contribution in [2.75, 3.05) is 7.11 Å². The van der Waals surface area contributed by atoms with Gasteiger partial charge < -0.3 is 4.74 Å². The first-order valence-corrected chi connectivity index (χ1v) is 17.7. The molecule has 8 aromatic rings. The second-order valence-corrected chi connectivity index (χ2v) is 15.2. The first-order valence-electron chi connectivity index (χ1n) is 17.7. The van der Waals surface area contributed by atoms with Crippen LogP contribution in [-0.2, 0) is 10.8 Å². The maximum Gasteiger partial charge on any atom is 0.118 e. The van der Waals surface area contributed by atoms with Crippen molar-refractivity contribution in [2.24, 2.45) is 0 Å². The Kier molecular flexibility index (Phi) is 5.96. The molecule has 2 aliphatic rings. The molecular weight excluding hydrogens is 605 g/mol. The van der Waals surface area contributed by atoms with Crippen LogP contribution in [-0.4, -0.2) is 7.11 Å². The van der Waals surface area contributed by atoms with E-state index in [2.05, 4.69) is 167 Å². The van der Waals surface area contributed by atoms with Crippen molar-refractivity contribution in [3.8, 4) is 50.3 Å². The lowest BCUT2D eigenvalue weighted by atomic mass is 9.77. The monoisotopic (exact) mass is 642 g/mol. The first kappa shape index (κ1) is 29.3. The average Bonchev–Trinajstić information content (AvgIpc) is 3.53. The molecule has 1 heteroatoms. The standard InChI is InChI=1S/C49H38O/c1-48(2)39-20-12-10-18-36(39)45-41(48)27-26-35-38(28-42-46(47(35)45)37-19-11-13-21-40(37)49(42,3)4)44-33-16-8-6-14-31(33)43(32-15-7-9-17-34(32)44)29-22-24-30(50-5)25-23-29/h6-28H,1-5H3. The van der Waals surface area contributed by atoms with Gasteiger partial charge in [-0.3, -0.25) is 0 Å². The van der Waals surface area contributed by atoms with Crippen molar-refractivity contribution < 1.29 is 4.74 Å². The van der Waals surface area contributed by atoms with Gasteiger partial charge in [0.15, 0.2) is 0 Å². The van der Waals surface area contributed by atoms with Gasteiger partial charge in [0.2, 0.25) is 0 Å².